The highest BCUT2D eigenvalue weighted by atomic mass is 16.5. The van der Waals surface area contributed by atoms with Crippen LogP contribution in [-0.4, -0.2) is 24.9 Å². The third-order valence-corrected chi connectivity index (χ3v) is 0.978. The number of rotatable bonds is 0. The normalized spacial score (nSPS) is 17.9. The molecule has 0 spiro atoms. The van der Waals surface area contributed by atoms with Crippen LogP contribution in [0.15, 0.2) is 4.99 Å². The van der Waals surface area contributed by atoms with E-state index in [1.54, 1.807) is 0 Å². The maximum absolute atomic E-state index is 10.6. The van der Waals surface area contributed by atoms with Crippen molar-refractivity contribution in [1.29, 1.82) is 0 Å². The Hall–Kier alpha value is -1.39. The average molecular weight is 142 g/mol. The summed E-state index contributed by atoms with van der Waals surface area (Å²) in [4.78, 5) is 24.4. The summed E-state index contributed by atoms with van der Waals surface area (Å²) >= 11 is 0. The summed E-state index contributed by atoms with van der Waals surface area (Å²) in [5, 5.41) is 2.26. The maximum atomic E-state index is 10.6. The van der Waals surface area contributed by atoms with Gasteiger partial charge in [0.1, 0.15) is 6.42 Å². The zero-order valence-electron chi connectivity index (χ0n) is 5.38. The lowest BCUT2D eigenvalue weighted by Crippen LogP contribution is -2.37. The molecule has 0 fully saturated rings. The first-order chi connectivity index (χ1) is 4.72. The highest BCUT2D eigenvalue weighted by Crippen LogP contribution is 1.93. The predicted molar refractivity (Wildman–Crippen MR) is 32.2 cm³/mol. The van der Waals surface area contributed by atoms with Gasteiger partial charge in [0.05, 0.1) is 7.11 Å². The van der Waals surface area contributed by atoms with E-state index in [0.717, 1.165) is 0 Å². The molecule has 0 unspecified atom stereocenters. The number of nitrogens with one attached hydrogen (secondary N) is 1. The molecule has 1 aliphatic rings. The molecular weight excluding hydrogens is 136 g/mol. The third-order valence-electron chi connectivity index (χ3n) is 0.978. The number of aliphatic imine (C=N–C) groups is 1. The van der Waals surface area contributed by atoms with E-state index in [-0.39, 0.29) is 18.3 Å². The van der Waals surface area contributed by atoms with E-state index >= 15 is 0 Å². The van der Waals surface area contributed by atoms with Crippen molar-refractivity contribution < 1.29 is 14.3 Å². The van der Waals surface area contributed by atoms with Gasteiger partial charge in [-0.3, -0.25) is 14.9 Å². The fraction of sp³-hybridized carbons (Fsp3) is 0.400. The molecule has 0 aliphatic carbocycles. The third kappa shape index (κ3) is 1.31. The van der Waals surface area contributed by atoms with Crippen LogP contribution in [0.3, 0.4) is 0 Å². The van der Waals surface area contributed by atoms with Crippen molar-refractivity contribution in [2.24, 2.45) is 4.99 Å². The van der Waals surface area contributed by atoms with E-state index in [2.05, 4.69) is 15.0 Å². The summed E-state index contributed by atoms with van der Waals surface area (Å²) in [5.74, 6) is -0.850. The highest BCUT2D eigenvalue weighted by Gasteiger charge is 2.17. The number of amidine groups is 1. The molecule has 0 atom stereocenters. The Bertz CT molecular complexity index is 209. The lowest BCUT2D eigenvalue weighted by atomic mass is 10.3. The molecule has 0 radical (unpaired) electrons. The number of hydrogen-bond acceptors (Lipinski definition) is 3. The first-order valence-electron chi connectivity index (χ1n) is 2.67. The first kappa shape index (κ1) is 6.73. The first-order valence-corrected chi connectivity index (χ1v) is 2.67. The van der Waals surface area contributed by atoms with Crippen LogP contribution in [0.2, 0.25) is 0 Å². The number of carbonyl (C=O) groups is 2. The van der Waals surface area contributed by atoms with E-state index in [1.807, 2.05) is 0 Å². The minimum absolute atomic E-state index is 0.0266. The zero-order chi connectivity index (χ0) is 7.56. The Morgan fingerprint density at radius 2 is 2.30 bits per heavy atom. The minimum Gasteiger partial charge on any atom is -0.468 e. The van der Waals surface area contributed by atoms with Crippen LogP contribution in [0.5, 0.6) is 0 Å². The summed E-state index contributed by atoms with van der Waals surface area (Å²) in [6.45, 7) is 0. The SMILES string of the molecule is COC1=NC(=O)CC(=O)N1. The number of methoxy groups -OCH3 is 1. The van der Waals surface area contributed by atoms with E-state index in [1.165, 1.54) is 7.11 Å². The van der Waals surface area contributed by atoms with Crippen LogP contribution >= 0.6 is 0 Å². The predicted octanol–water partition coefficient (Wildman–Crippen LogP) is -0.965. The van der Waals surface area contributed by atoms with Gasteiger partial charge in [-0.15, -0.1) is 0 Å². The van der Waals surface area contributed by atoms with Crippen LogP contribution < -0.4 is 5.32 Å². The monoisotopic (exact) mass is 142 g/mol. The molecule has 0 bridgehead atoms. The van der Waals surface area contributed by atoms with E-state index in [0.29, 0.717) is 0 Å². The Labute approximate surface area is 57.1 Å². The van der Waals surface area contributed by atoms with Gasteiger partial charge in [-0.1, -0.05) is 0 Å². The topological polar surface area (TPSA) is 67.8 Å². The standard InChI is InChI=1S/C5H6N2O3/c1-10-5-6-3(8)2-4(9)7-5/h2H2,1H3,(H,6,7,8,9). The maximum Gasteiger partial charge on any atom is 0.299 e. The second-order valence-electron chi connectivity index (χ2n) is 1.74. The fourth-order valence-corrected chi connectivity index (χ4v) is 0.578. The molecular formula is C5H6N2O3. The summed E-state index contributed by atoms with van der Waals surface area (Å²) < 4.78 is 4.53. The van der Waals surface area contributed by atoms with Crippen molar-refractivity contribution in [2.45, 2.75) is 6.42 Å². The Kier molecular flexibility index (Phi) is 1.66. The van der Waals surface area contributed by atoms with Crippen LogP contribution in [0.25, 0.3) is 0 Å². The fourth-order valence-electron chi connectivity index (χ4n) is 0.578. The van der Waals surface area contributed by atoms with E-state index in [9.17, 15) is 9.59 Å². The van der Waals surface area contributed by atoms with Crippen molar-refractivity contribution >= 4 is 17.8 Å². The number of ether oxygens (including phenoxy) is 1. The van der Waals surface area contributed by atoms with Crippen LogP contribution in [0, 0.1) is 0 Å². The molecule has 5 nitrogen and oxygen atoms in total. The zero-order valence-corrected chi connectivity index (χ0v) is 5.38. The summed E-state index contributed by atoms with van der Waals surface area (Å²) in [6.07, 6.45) is -0.188. The Balaban J connectivity index is 2.74. The molecule has 0 saturated carbocycles. The van der Waals surface area contributed by atoms with Crippen molar-refractivity contribution in [2.75, 3.05) is 7.11 Å². The van der Waals surface area contributed by atoms with Gasteiger partial charge in [-0.2, -0.15) is 4.99 Å². The van der Waals surface area contributed by atoms with E-state index < -0.39 is 5.91 Å². The Morgan fingerprint density at radius 3 is 2.80 bits per heavy atom. The molecule has 0 aromatic carbocycles. The molecule has 10 heavy (non-hydrogen) atoms. The molecule has 1 rings (SSSR count). The quantitative estimate of drug-likeness (QED) is 0.443. The minimum atomic E-state index is -0.472. The van der Waals surface area contributed by atoms with Gasteiger partial charge < -0.3 is 4.74 Å². The molecule has 0 aromatic heterocycles. The molecule has 1 N–H and O–H groups in total. The van der Waals surface area contributed by atoms with Gasteiger partial charge in [0.25, 0.3) is 11.9 Å². The van der Waals surface area contributed by atoms with Gasteiger partial charge in [-0.25, -0.2) is 0 Å². The molecule has 54 valence electrons. The number of hydrogen-bond donors (Lipinski definition) is 1. The number of carbonyl (C=O) groups excluding carboxylic acids is 2. The van der Waals surface area contributed by atoms with Crippen LogP contribution in [-0.2, 0) is 14.3 Å². The van der Waals surface area contributed by atoms with Crippen molar-refractivity contribution in [3.8, 4) is 0 Å². The molecule has 2 amide bonds. The summed E-state index contributed by atoms with van der Waals surface area (Å²) in [5.41, 5.74) is 0. The second-order valence-corrected chi connectivity index (χ2v) is 1.74. The van der Waals surface area contributed by atoms with Crippen molar-refractivity contribution in [3.63, 3.8) is 0 Å². The van der Waals surface area contributed by atoms with Gasteiger partial charge >= 0.3 is 0 Å². The van der Waals surface area contributed by atoms with Gasteiger partial charge in [0.15, 0.2) is 0 Å². The van der Waals surface area contributed by atoms with Gasteiger partial charge in [0, 0.05) is 0 Å². The molecule has 1 aliphatic heterocycles. The molecule has 5 heteroatoms. The largest absolute Gasteiger partial charge is 0.468 e. The lowest BCUT2D eigenvalue weighted by molar-refractivity contribution is -0.127. The van der Waals surface area contributed by atoms with Crippen molar-refractivity contribution in [3.05, 3.63) is 0 Å². The lowest BCUT2D eigenvalue weighted by Gasteiger charge is -2.09. The number of nitrogens with zero attached hydrogens (tertiary/aromatic N) is 1. The molecule has 0 saturated heterocycles. The van der Waals surface area contributed by atoms with Crippen LogP contribution in [0.4, 0.5) is 0 Å². The summed E-state index contributed by atoms with van der Waals surface area (Å²) in [6, 6.07) is -0.0266. The van der Waals surface area contributed by atoms with Crippen LogP contribution in [0.1, 0.15) is 6.42 Å². The van der Waals surface area contributed by atoms with E-state index in [4.69, 9.17) is 0 Å². The van der Waals surface area contributed by atoms with Gasteiger partial charge in [0.2, 0.25) is 5.91 Å². The number of amides is 2. The van der Waals surface area contributed by atoms with Gasteiger partial charge in [-0.05, 0) is 0 Å². The summed E-state index contributed by atoms with van der Waals surface area (Å²) in [7, 11) is 1.33. The smallest absolute Gasteiger partial charge is 0.299 e. The highest BCUT2D eigenvalue weighted by molar-refractivity contribution is 6.11. The Morgan fingerprint density at radius 1 is 1.60 bits per heavy atom. The molecule has 1 heterocycles. The van der Waals surface area contributed by atoms with Crippen molar-refractivity contribution in [1.82, 2.24) is 5.32 Å². The molecule has 0 aromatic rings. The second kappa shape index (κ2) is 2.47. The average Bonchev–Trinajstić information content (AvgIpc) is 1.85.